The van der Waals surface area contributed by atoms with Gasteiger partial charge in [-0.2, -0.15) is 0 Å². The number of nitrogens with one attached hydrogen (secondary N) is 1. The molecule has 4 aromatic rings. The molecule has 1 aromatic carbocycles. The molecule has 3 heterocycles. The topological polar surface area (TPSA) is 46.0 Å². The average Bonchev–Trinajstić information content (AvgIpc) is 3.27. The van der Waals surface area contributed by atoms with Crippen molar-refractivity contribution in [3.05, 3.63) is 89.4 Å². The van der Waals surface area contributed by atoms with Gasteiger partial charge >= 0.3 is 0 Å². The van der Waals surface area contributed by atoms with Crippen molar-refractivity contribution in [3.63, 3.8) is 0 Å². The first-order chi connectivity index (χ1) is 11.7. The molecule has 0 saturated carbocycles. The molecule has 0 aliphatic heterocycles. The smallest absolute Gasteiger partial charge is 0.139 e. The van der Waals surface area contributed by atoms with Crippen molar-refractivity contribution in [3.8, 4) is 0 Å². The highest BCUT2D eigenvalue weighted by atomic mass is 15.0. The summed E-state index contributed by atoms with van der Waals surface area (Å²) in [5, 5.41) is 0. The number of aromatic amines is 1. The normalized spacial score (nSPS) is 12.6. The number of aryl methyl sites for hydroxylation is 1. The summed E-state index contributed by atoms with van der Waals surface area (Å²) < 4.78 is 2.07. The zero-order valence-electron chi connectivity index (χ0n) is 13.9. The van der Waals surface area contributed by atoms with Crippen molar-refractivity contribution in [2.75, 3.05) is 0 Å². The summed E-state index contributed by atoms with van der Waals surface area (Å²) in [5.41, 5.74) is 7.39. The number of rotatable bonds is 4. The fourth-order valence-electron chi connectivity index (χ4n) is 3.38. The molecular formula is C20H20N4. The zero-order valence-corrected chi connectivity index (χ0v) is 13.9. The second-order valence-electron chi connectivity index (χ2n) is 6.24. The summed E-state index contributed by atoms with van der Waals surface area (Å²) in [6.45, 7) is 4.36. The molecular weight excluding hydrogens is 296 g/mol. The molecule has 4 rings (SSSR count). The third-order valence-electron chi connectivity index (χ3n) is 4.84. The van der Waals surface area contributed by atoms with Crippen LogP contribution < -0.4 is 0 Å². The van der Waals surface area contributed by atoms with E-state index in [1.54, 1.807) is 6.33 Å². The third kappa shape index (κ3) is 2.50. The maximum absolute atomic E-state index is 4.52. The molecule has 0 saturated heterocycles. The molecule has 0 aliphatic carbocycles. The second-order valence-corrected chi connectivity index (χ2v) is 6.24. The Kier molecular flexibility index (Phi) is 3.65. The highest BCUT2D eigenvalue weighted by Crippen LogP contribution is 2.31. The molecule has 1 unspecified atom stereocenters. The van der Waals surface area contributed by atoms with Gasteiger partial charge in [0.05, 0.1) is 6.33 Å². The Morgan fingerprint density at radius 3 is 2.88 bits per heavy atom. The van der Waals surface area contributed by atoms with Crippen LogP contribution in [0.25, 0.3) is 5.65 Å². The van der Waals surface area contributed by atoms with E-state index in [-0.39, 0.29) is 5.92 Å². The first kappa shape index (κ1) is 14.7. The largest absolute Gasteiger partial charge is 0.348 e. The Balaban J connectivity index is 1.82. The number of aromatic nitrogens is 4. The van der Waals surface area contributed by atoms with Gasteiger partial charge in [0.15, 0.2) is 0 Å². The Labute approximate surface area is 141 Å². The lowest BCUT2D eigenvalue weighted by Crippen LogP contribution is -2.09. The van der Waals surface area contributed by atoms with Gasteiger partial charge in [0.25, 0.3) is 0 Å². The van der Waals surface area contributed by atoms with E-state index in [9.17, 15) is 0 Å². The number of benzene rings is 1. The van der Waals surface area contributed by atoms with Crippen molar-refractivity contribution in [2.45, 2.75) is 26.2 Å². The van der Waals surface area contributed by atoms with Crippen LogP contribution in [0, 0.1) is 13.8 Å². The fraction of sp³-hybridized carbons (Fsp3) is 0.200. The minimum Gasteiger partial charge on any atom is -0.348 e. The van der Waals surface area contributed by atoms with E-state index in [1.807, 2.05) is 24.8 Å². The molecule has 1 N–H and O–H groups in total. The number of imidazole rings is 2. The Hall–Kier alpha value is -2.88. The van der Waals surface area contributed by atoms with Gasteiger partial charge in [-0.25, -0.2) is 9.97 Å². The zero-order chi connectivity index (χ0) is 16.5. The molecule has 24 heavy (non-hydrogen) atoms. The van der Waals surface area contributed by atoms with Crippen LogP contribution in [0.1, 0.15) is 33.9 Å². The van der Waals surface area contributed by atoms with Gasteiger partial charge in [0.2, 0.25) is 0 Å². The number of hydrogen-bond donors (Lipinski definition) is 1. The summed E-state index contributed by atoms with van der Waals surface area (Å²) in [7, 11) is 0. The van der Waals surface area contributed by atoms with Crippen molar-refractivity contribution in [2.24, 2.45) is 0 Å². The molecule has 0 amide bonds. The molecule has 1 atom stereocenters. The van der Waals surface area contributed by atoms with Crippen LogP contribution in [0.4, 0.5) is 0 Å². The van der Waals surface area contributed by atoms with E-state index in [1.165, 1.54) is 22.3 Å². The summed E-state index contributed by atoms with van der Waals surface area (Å²) in [6, 6.07) is 10.8. The van der Waals surface area contributed by atoms with E-state index < -0.39 is 0 Å². The van der Waals surface area contributed by atoms with Gasteiger partial charge in [0, 0.05) is 36.4 Å². The molecule has 0 bridgehead atoms. The first-order valence-electron chi connectivity index (χ1n) is 8.19. The predicted octanol–water partition coefficient (Wildman–Crippen LogP) is 4.05. The monoisotopic (exact) mass is 316 g/mol. The molecule has 120 valence electrons. The fourth-order valence-corrected chi connectivity index (χ4v) is 3.38. The van der Waals surface area contributed by atoms with Gasteiger partial charge in [0.1, 0.15) is 5.65 Å². The Morgan fingerprint density at radius 1 is 1.12 bits per heavy atom. The van der Waals surface area contributed by atoms with Crippen LogP contribution in [0.2, 0.25) is 0 Å². The van der Waals surface area contributed by atoms with Crippen LogP contribution in [0.15, 0.2) is 61.4 Å². The molecule has 4 heteroatoms. The van der Waals surface area contributed by atoms with Crippen molar-refractivity contribution in [1.29, 1.82) is 0 Å². The number of pyridine rings is 1. The van der Waals surface area contributed by atoms with E-state index >= 15 is 0 Å². The quantitative estimate of drug-likeness (QED) is 0.617. The van der Waals surface area contributed by atoms with Gasteiger partial charge in [-0.3, -0.25) is 0 Å². The highest BCUT2D eigenvalue weighted by molar-refractivity contribution is 5.50. The number of H-pyrrole nitrogens is 1. The van der Waals surface area contributed by atoms with Gasteiger partial charge in [-0.1, -0.05) is 24.3 Å². The van der Waals surface area contributed by atoms with Crippen LogP contribution in [-0.4, -0.2) is 19.4 Å². The lowest BCUT2D eigenvalue weighted by Gasteiger charge is -2.20. The SMILES string of the molecule is Cc1cccc(C(Cc2cccn3ccnc23)c2cnc[nH]2)c1C. The summed E-state index contributed by atoms with van der Waals surface area (Å²) in [4.78, 5) is 12.1. The van der Waals surface area contributed by atoms with E-state index in [2.05, 4.69) is 63.5 Å². The van der Waals surface area contributed by atoms with Gasteiger partial charge < -0.3 is 9.38 Å². The Bertz CT molecular complexity index is 966. The summed E-state index contributed by atoms with van der Waals surface area (Å²) >= 11 is 0. The minimum atomic E-state index is 0.232. The van der Waals surface area contributed by atoms with Crippen LogP contribution in [0.5, 0.6) is 0 Å². The average molecular weight is 316 g/mol. The van der Waals surface area contributed by atoms with Crippen molar-refractivity contribution >= 4 is 5.65 Å². The standard InChI is InChI=1S/C20H20N4/c1-14-5-3-7-17(15(14)2)18(19-12-21-13-23-19)11-16-6-4-9-24-10-8-22-20(16)24/h3-10,12-13,18H,11H2,1-2H3,(H,21,23). The van der Waals surface area contributed by atoms with Crippen LogP contribution in [-0.2, 0) is 6.42 Å². The van der Waals surface area contributed by atoms with Crippen molar-refractivity contribution in [1.82, 2.24) is 19.4 Å². The maximum Gasteiger partial charge on any atom is 0.139 e. The lowest BCUT2D eigenvalue weighted by molar-refractivity contribution is 0.772. The number of fused-ring (bicyclic) bond motifs is 1. The second kappa shape index (κ2) is 5.96. The molecule has 0 fully saturated rings. The minimum absolute atomic E-state index is 0.232. The predicted molar refractivity (Wildman–Crippen MR) is 95.2 cm³/mol. The summed E-state index contributed by atoms with van der Waals surface area (Å²) in [6.07, 6.45) is 10.4. The van der Waals surface area contributed by atoms with E-state index in [4.69, 9.17) is 0 Å². The molecule has 4 nitrogen and oxygen atoms in total. The summed E-state index contributed by atoms with van der Waals surface area (Å²) in [5.74, 6) is 0.232. The Morgan fingerprint density at radius 2 is 2.04 bits per heavy atom. The van der Waals surface area contributed by atoms with Crippen LogP contribution >= 0.6 is 0 Å². The highest BCUT2D eigenvalue weighted by Gasteiger charge is 2.20. The van der Waals surface area contributed by atoms with E-state index in [0.717, 1.165) is 17.8 Å². The first-order valence-corrected chi connectivity index (χ1v) is 8.19. The third-order valence-corrected chi connectivity index (χ3v) is 4.84. The lowest BCUT2D eigenvalue weighted by atomic mass is 9.86. The van der Waals surface area contributed by atoms with Crippen LogP contribution in [0.3, 0.4) is 0 Å². The number of nitrogens with zero attached hydrogens (tertiary/aromatic N) is 3. The number of hydrogen-bond acceptors (Lipinski definition) is 2. The molecule has 0 spiro atoms. The maximum atomic E-state index is 4.52. The van der Waals surface area contributed by atoms with Gasteiger partial charge in [-0.15, -0.1) is 0 Å². The molecule has 0 radical (unpaired) electrons. The van der Waals surface area contributed by atoms with Gasteiger partial charge in [-0.05, 0) is 48.6 Å². The van der Waals surface area contributed by atoms with Crippen molar-refractivity contribution < 1.29 is 0 Å². The molecule has 0 aliphatic rings. The van der Waals surface area contributed by atoms with E-state index in [0.29, 0.717) is 0 Å². The molecule has 3 aromatic heterocycles.